The highest BCUT2D eigenvalue weighted by Gasteiger charge is 2.18. The highest BCUT2D eigenvalue weighted by atomic mass is 35.5. The van der Waals surface area contributed by atoms with E-state index in [0.717, 1.165) is 50.0 Å². The Morgan fingerprint density at radius 3 is 2.38 bits per heavy atom. The Hall–Kier alpha value is -2.72. The third-order valence-corrected chi connectivity index (χ3v) is 6.58. The topological polar surface area (TPSA) is 96.3 Å². The Kier molecular flexibility index (Phi) is 12.3. The Labute approximate surface area is 229 Å². The van der Waals surface area contributed by atoms with Crippen LogP contribution in [-0.4, -0.2) is 71.2 Å². The smallest absolute Gasteiger partial charge is 0.346 e. The average molecular weight is 555 g/mol. The lowest BCUT2D eigenvalue weighted by Crippen LogP contribution is -2.46. The van der Waals surface area contributed by atoms with E-state index in [1.807, 2.05) is 49.4 Å². The number of aromatic nitrogens is 3. The summed E-state index contributed by atoms with van der Waals surface area (Å²) < 4.78 is 14.5. The standard InChI is InChI=1S/C26H34ClN5O3.ClH.H2O/c1-3-25-28-32(26(33)31(25)18-19-35-24-11-5-4-10-23(24)34-2)13-7-12-29-14-16-30(17-15-29)22-9-6-8-21(27)20-22;;/h4-6,8-11,20H,3,7,12-19H2,1-2H3;1H;1H2. The maximum Gasteiger partial charge on any atom is 0.346 e. The zero-order valence-electron chi connectivity index (χ0n) is 21.4. The summed E-state index contributed by atoms with van der Waals surface area (Å²) in [6.07, 6.45) is 1.58. The Morgan fingerprint density at radius 2 is 1.70 bits per heavy atom. The van der Waals surface area contributed by atoms with Gasteiger partial charge in [0.1, 0.15) is 12.4 Å². The number of para-hydroxylation sites is 2. The number of ether oxygens (including phenoxy) is 2. The number of nitrogens with zero attached hydrogens (tertiary/aromatic N) is 5. The van der Waals surface area contributed by atoms with Crippen molar-refractivity contribution in [1.29, 1.82) is 0 Å². The van der Waals surface area contributed by atoms with Gasteiger partial charge in [-0.05, 0) is 36.8 Å². The Morgan fingerprint density at radius 1 is 0.973 bits per heavy atom. The maximum absolute atomic E-state index is 13.0. The number of piperazine rings is 1. The Balaban J connectivity index is 0.00000241. The lowest BCUT2D eigenvalue weighted by atomic mass is 10.2. The van der Waals surface area contributed by atoms with Crippen molar-refractivity contribution in [3.63, 3.8) is 0 Å². The molecule has 1 aliphatic heterocycles. The monoisotopic (exact) mass is 553 g/mol. The molecule has 1 aliphatic rings. The second-order valence-corrected chi connectivity index (χ2v) is 9.03. The van der Waals surface area contributed by atoms with Gasteiger partial charge in [-0.25, -0.2) is 9.48 Å². The first-order valence-electron chi connectivity index (χ1n) is 12.2. The van der Waals surface area contributed by atoms with Gasteiger partial charge in [-0.3, -0.25) is 9.47 Å². The molecule has 0 radical (unpaired) electrons. The summed E-state index contributed by atoms with van der Waals surface area (Å²) in [4.78, 5) is 17.8. The van der Waals surface area contributed by atoms with Crippen molar-refractivity contribution in [1.82, 2.24) is 19.2 Å². The molecule has 0 atom stereocenters. The molecule has 9 nitrogen and oxygen atoms in total. The van der Waals surface area contributed by atoms with Crippen molar-refractivity contribution in [2.75, 3.05) is 51.3 Å². The van der Waals surface area contributed by atoms with Gasteiger partial charge in [0.2, 0.25) is 0 Å². The molecule has 4 rings (SSSR count). The number of aryl methyl sites for hydroxylation is 2. The van der Waals surface area contributed by atoms with Crippen LogP contribution in [0.25, 0.3) is 0 Å². The molecular formula is C26H37Cl2N5O4. The van der Waals surface area contributed by atoms with Crippen molar-refractivity contribution in [2.24, 2.45) is 0 Å². The summed E-state index contributed by atoms with van der Waals surface area (Å²) in [6.45, 7) is 8.33. The van der Waals surface area contributed by atoms with Gasteiger partial charge in [-0.15, -0.1) is 12.4 Å². The van der Waals surface area contributed by atoms with E-state index >= 15 is 0 Å². The molecule has 0 saturated carbocycles. The van der Waals surface area contributed by atoms with E-state index < -0.39 is 0 Å². The molecule has 0 bridgehead atoms. The highest BCUT2D eigenvalue weighted by molar-refractivity contribution is 6.30. The number of hydrogen-bond donors (Lipinski definition) is 0. The molecule has 1 fully saturated rings. The summed E-state index contributed by atoms with van der Waals surface area (Å²) in [5, 5.41) is 5.35. The lowest BCUT2D eigenvalue weighted by Gasteiger charge is -2.36. The first-order chi connectivity index (χ1) is 17.1. The van der Waals surface area contributed by atoms with Gasteiger partial charge >= 0.3 is 5.69 Å². The van der Waals surface area contributed by atoms with Crippen LogP contribution in [0.5, 0.6) is 11.5 Å². The van der Waals surface area contributed by atoms with Crippen LogP contribution in [0.1, 0.15) is 19.2 Å². The van der Waals surface area contributed by atoms with Gasteiger partial charge in [0.15, 0.2) is 11.5 Å². The third kappa shape index (κ3) is 7.88. The van der Waals surface area contributed by atoms with Crippen LogP contribution in [0.2, 0.25) is 5.02 Å². The number of anilines is 1. The summed E-state index contributed by atoms with van der Waals surface area (Å²) in [5.74, 6) is 2.14. The first-order valence-corrected chi connectivity index (χ1v) is 12.6. The largest absolute Gasteiger partial charge is 0.493 e. The van der Waals surface area contributed by atoms with Crippen molar-refractivity contribution >= 4 is 29.7 Å². The van der Waals surface area contributed by atoms with E-state index in [9.17, 15) is 4.79 Å². The average Bonchev–Trinajstić information content (AvgIpc) is 3.19. The van der Waals surface area contributed by atoms with Gasteiger partial charge in [0.05, 0.1) is 13.7 Å². The molecule has 1 saturated heterocycles. The second kappa shape index (κ2) is 14.9. The molecule has 0 aliphatic carbocycles. The molecule has 0 amide bonds. The number of hydrogen-bond acceptors (Lipinski definition) is 6. The molecule has 2 heterocycles. The van der Waals surface area contributed by atoms with E-state index in [-0.39, 0.29) is 23.6 Å². The number of rotatable bonds is 11. The van der Waals surface area contributed by atoms with Crippen LogP contribution in [0.15, 0.2) is 53.3 Å². The van der Waals surface area contributed by atoms with E-state index in [1.54, 1.807) is 16.4 Å². The minimum atomic E-state index is -0.0729. The Bertz CT molecular complexity index is 1160. The van der Waals surface area contributed by atoms with Crippen LogP contribution in [0.3, 0.4) is 0 Å². The SMILES string of the molecule is CCc1nn(CCCN2CCN(c3cccc(Cl)c3)CC2)c(=O)n1CCOc1ccccc1OC.Cl.O. The summed E-state index contributed by atoms with van der Waals surface area (Å²) >= 11 is 6.14. The fraction of sp³-hybridized carbons (Fsp3) is 0.462. The van der Waals surface area contributed by atoms with Crippen LogP contribution < -0.4 is 20.1 Å². The van der Waals surface area contributed by atoms with Crippen molar-refractivity contribution in [3.05, 3.63) is 69.9 Å². The molecule has 204 valence electrons. The van der Waals surface area contributed by atoms with E-state index in [4.69, 9.17) is 21.1 Å². The third-order valence-electron chi connectivity index (χ3n) is 6.35. The predicted molar refractivity (Wildman–Crippen MR) is 150 cm³/mol. The first kappa shape index (κ1) is 30.5. The molecule has 0 unspecified atom stereocenters. The quantitative estimate of drug-likeness (QED) is 0.362. The van der Waals surface area contributed by atoms with E-state index in [1.165, 1.54) is 5.69 Å². The molecule has 37 heavy (non-hydrogen) atoms. The fourth-order valence-corrected chi connectivity index (χ4v) is 4.63. The fourth-order valence-electron chi connectivity index (χ4n) is 4.45. The maximum atomic E-state index is 13.0. The van der Waals surface area contributed by atoms with Crippen molar-refractivity contribution in [2.45, 2.75) is 32.9 Å². The van der Waals surface area contributed by atoms with E-state index in [2.05, 4.69) is 21.0 Å². The van der Waals surface area contributed by atoms with Crippen LogP contribution in [-0.2, 0) is 19.5 Å². The normalized spacial score (nSPS) is 13.5. The predicted octanol–water partition coefficient (Wildman–Crippen LogP) is 3.16. The van der Waals surface area contributed by atoms with Crippen LogP contribution in [0, 0.1) is 0 Å². The summed E-state index contributed by atoms with van der Waals surface area (Å²) in [6, 6.07) is 15.5. The van der Waals surface area contributed by atoms with Gasteiger partial charge in [-0.1, -0.05) is 36.7 Å². The second-order valence-electron chi connectivity index (χ2n) is 8.59. The molecule has 2 aromatic carbocycles. The molecule has 2 N–H and O–H groups in total. The van der Waals surface area contributed by atoms with Crippen LogP contribution >= 0.6 is 24.0 Å². The molecule has 3 aromatic rings. The van der Waals surface area contributed by atoms with Gasteiger partial charge < -0.3 is 19.8 Å². The molecular weight excluding hydrogens is 517 g/mol. The number of halogens is 2. The molecule has 11 heteroatoms. The van der Waals surface area contributed by atoms with Gasteiger partial charge in [0.25, 0.3) is 0 Å². The van der Waals surface area contributed by atoms with Crippen molar-refractivity contribution in [3.8, 4) is 11.5 Å². The minimum absolute atomic E-state index is 0. The molecule has 1 aromatic heterocycles. The molecule has 0 spiro atoms. The summed E-state index contributed by atoms with van der Waals surface area (Å²) in [7, 11) is 1.62. The number of benzene rings is 2. The number of methoxy groups -OCH3 is 1. The zero-order valence-corrected chi connectivity index (χ0v) is 23.0. The lowest BCUT2D eigenvalue weighted by molar-refractivity contribution is 0.248. The zero-order chi connectivity index (χ0) is 24.6. The van der Waals surface area contributed by atoms with Gasteiger partial charge in [0, 0.05) is 56.4 Å². The van der Waals surface area contributed by atoms with Crippen LogP contribution in [0.4, 0.5) is 5.69 Å². The summed E-state index contributed by atoms with van der Waals surface area (Å²) in [5.41, 5.74) is 1.10. The minimum Gasteiger partial charge on any atom is -0.493 e. The van der Waals surface area contributed by atoms with E-state index in [0.29, 0.717) is 37.6 Å². The van der Waals surface area contributed by atoms with Crippen molar-refractivity contribution < 1.29 is 14.9 Å². The van der Waals surface area contributed by atoms with Gasteiger partial charge in [-0.2, -0.15) is 5.10 Å². The highest BCUT2D eigenvalue weighted by Crippen LogP contribution is 2.25.